The molecule has 154 valence electrons. The Bertz CT molecular complexity index is 903. The molecule has 10 heteroatoms. The fraction of sp³-hybridized carbons (Fsp3) is 0.421. The van der Waals surface area contributed by atoms with Crippen molar-refractivity contribution in [1.82, 2.24) is 25.5 Å². The number of fused-ring (bicyclic) bond motifs is 1. The number of hydrogen-bond donors (Lipinski definition) is 3. The van der Waals surface area contributed by atoms with Crippen LogP contribution in [0.25, 0.3) is 5.57 Å². The van der Waals surface area contributed by atoms with Crippen molar-refractivity contribution < 1.29 is 9.18 Å². The van der Waals surface area contributed by atoms with Crippen LogP contribution >= 0.6 is 23.2 Å². The molecule has 7 nitrogen and oxygen atoms in total. The van der Waals surface area contributed by atoms with Crippen molar-refractivity contribution in [2.75, 3.05) is 30.8 Å². The van der Waals surface area contributed by atoms with Gasteiger partial charge in [-0.15, -0.1) is 11.6 Å². The van der Waals surface area contributed by atoms with Gasteiger partial charge >= 0.3 is 0 Å². The lowest BCUT2D eigenvalue weighted by Gasteiger charge is -2.32. The van der Waals surface area contributed by atoms with Gasteiger partial charge in [0.1, 0.15) is 12.0 Å². The molecule has 0 aliphatic carbocycles. The molecular formula is C19H21Cl2FN6O. The van der Waals surface area contributed by atoms with E-state index in [9.17, 15) is 9.18 Å². The van der Waals surface area contributed by atoms with Gasteiger partial charge in [0, 0.05) is 43.2 Å². The van der Waals surface area contributed by atoms with Gasteiger partial charge in [-0.25, -0.2) is 14.4 Å². The quantitative estimate of drug-likeness (QED) is 0.612. The first-order valence-corrected chi connectivity index (χ1v) is 10.4. The van der Waals surface area contributed by atoms with E-state index in [1.54, 1.807) is 17.3 Å². The minimum absolute atomic E-state index is 0.0158. The number of aromatic nitrogens is 2. The number of amides is 1. The van der Waals surface area contributed by atoms with Gasteiger partial charge in [0.05, 0.1) is 11.2 Å². The molecule has 0 spiro atoms. The maximum absolute atomic E-state index is 14.3. The van der Waals surface area contributed by atoms with Gasteiger partial charge in [-0.3, -0.25) is 4.79 Å². The fourth-order valence-electron chi connectivity index (χ4n) is 3.75. The maximum atomic E-state index is 14.3. The van der Waals surface area contributed by atoms with Crippen LogP contribution in [0.3, 0.4) is 0 Å². The van der Waals surface area contributed by atoms with Gasteiger partial charge in [-0.2, -0.15) is 0 Å². The third kappa shape index (κ3) is 4.33. The molecule has 1 aromatic heterocycles. The summed E-state index contributed by atoms with van der Waals surface area (Å²) in [6.07, 6.45) is 8.25. The summed E-state index contributed by atoms with van der Waals surface area (Å²) in [5.41, 5.74) is 1.66. The molecule has 1 fully saturated rings. The first-order chi connectivity index (χ1) is 14.0. The van der Waals surface area contributed by atoms with Gasteiger partial charge < -0.3 is 20.9 Å². The number of alkyl halides is 1. The molecule has 29 heavy (non-hydrogen) atoms. The van der Waals surface area contributed by atoms with Gasteiger partial charge in [0.25, 0.3) is 0 Å². The van der Waals surface area contributed by atoms with Gasteiger partial charge in [-0.05, 0) is 24.8 Å². The highest BCUT2D eigenvalue weighted by atomic mass is 35.5. The Labute approximate surface area is 178 Å². The number of carbonyl (C=O) groups excluding carboxylic acids is 1. The van der Waals surface area contributed by atoms with E-state index in [1.165, 1.54) is 0 Å². The minimum atomic E-state index is -0.518. The summed E-state index contributed by atoms with van der Waals surface area (Å²) >= 11 is 11.8. The monoisotopic (exact) mass is 438 g/mol. The molecule has 0 saturated carbocycles. The Balaban J connectivity index is 1.46. The van der Waals surface area contributed by atoms with E-state index < -0.39 is 5.82 Å². The predicted molar refractivity (Wildman–Crippen MR) is 111 cm³/mol. The third-order valence-electron chi connectivity index (χ3n) is 5.23. The second kappa shape index (κ2) is 8.59. The summed E-state index contributed by atoms with van der Waals surface area (Å²) in [7, 11) is 0. The SMILES string of the molecule is O=C(CCl)N1CCC[C@H](CNc2nc(C3=CNC4NC=C(Cl)C=C34)ncc2F)C1. The fourth-order valence-corrected chi connectivity index (χ4v) is 4.10. The van der Waals surface area contributed by atoms with Crippen LogP contribution in [0.2, 0.25) is 0 Å². The molecule has 1 aromatic rings. The van der Waals surface area contributed by atoms with Crippen molar-refractivity contribution >= 4 is 40.5 Å². The van der Waals surface area contributed by atoms with Crippen molar-refractivity contribution in [3.05, 3.63) is 46.9 Å². The summed E-state index contributed by atoms with van der Waals surface area (Å²) < 4.78 is 14.3. The maximum Gasteiger partial charge on any atom is 0.237 e. The number of carbonyl (C=O) groups is 1. The van der Waals surface area contributed by atoms with Crippen LogP contribution in [-0.2, 0) is 4.79 Å². The Hall–Kier alpha value is -2.32. The minimum Gasteiger partial charge on any atom is -0.367 e. The number of piperidine rings is 1. The molecule has 1 unspecified atom stereocenters. The molecule has 0 radical (unpaired) electrons. The molecule has 4 rings (SSSR count). The summed E-state index contributed by atoms with van der Waals surface area (Å²) in [4.78, 5) is 22.1. The van der Waals surface area contributed by atoms with Crippen LogP contribution in [0, 0.1) is 11.7 Å². The van der Waals surface area contributed by atoms with Crippen molar-refractivity contribution in [3.63, 3.8) is 0 Å². The number of halogens is 3. The molecule has 2 atom stereocenters. The number of likely N-dealkylation sites (tertiary alicyclic amines) is 1. The first-order valence-electron chi connectivity index (χ1n) is 9.45. The highest BCUT2D eigenvalue weighted by molar-refractivity contribution is 6.31. The van der Waals surface area contributed by atoms with Crippen LogP contribution in [-0.4, -0.2) is 52.5 Å². The zero-order chi connectivity index (χ0) is 20.4. The third-order valence-corrected chi connectivity index (χ3v) is 5.67. The Kier molecular flexibility index (Phi) is 5.91. The first kappa shape index (κ1) is 20.0. The number of anilines is 1. The largest absolute Gasteiger partial charge is 0.367 e. The molecule has 3 aliphatic heterocycles. The van der Waals surface area contributed by atoms with Crippen LogP contribution in [0.5, 0.6) is 0 Å². The van der Waals surface area contributed by atoms with Crippen LogP contribution in [0.1, 0.15) is 18.7 Å². The number of allylic oxidation sites excluding steroid dienone is 2. The van der Waals surface area contributed by atoms with Crippen molar-refractivity contribution in [1.29, 1.82) is 0 Å². The van der Waals surface area contributed by atoms with E-state index in [0.29, 0.717) is 23.9 Å². The number of nitrogens with one attached hydrogen (secondary N) is 3. The van der Waals surface area contributed by atoms with Crippen molar-refractivity contribution in [3.8, 4) is 0 Å². The normalized spacial score (nSPS) is 23.3. The summed E-state index contributed by atoms with van der Waals surface area (Å²) in [6, 6.07) is 0. The molecule has 1 amide bonds. The van der Waals surface area contributed by atoms with Gasteiger partial charge in [0.15, 0.2) is 17.5 Å². The van der Waals surface area contributed by atoms with Crippen LogP contribution in [0.15, 0.2) is 35.3 Å². The molecule has 3 N–H and O–H groups in total. The molecule has 4 heterocycles. The van der Waals surface area contributed by atoms with E-state index in [2.05, 4.69) is 25.9 Å². The Morgan fingerprint density at radius 1 is 1.38 bits per heavy atom. The molecule has 0 aromatic carbocycles. The van der Waals surface area contributed by atoms with E-state index in [-0.39, 0.29) is 29.7 Å². The molecular weight excluding hydrogens is 418 g/mol. The number of nitrogens with zero attached hydrogens (tertiary/aromatic N) is 3. The standard InChI is InChI=1S/C19H21Cl2FN6O/c20-5-16(29)28-3-1-2-11(10-28)6-23-19-15(22)9-26-18(27-19)14-8-25-17-13(14)4-12(21)7-24-17/h4,7-9,11,17,24-25H,1-3,5-6,10H2,(H,23,26,27)/t11-,17?/m1/s1. The lowest BCUT2D eigenvalue weighted by Crippen LogP contribution is -2.42. The molecule has 0 bridgehead atoms. The average molecular weight is 439 g/mol. The van der Waals surface area contributed by atoms with E-state index in [0.717, 1.165) is 36.7 Å². The zero-order valence-corrected chi connectivity index (χ0v) is 17.1. The summed E-state index contributed by atoms with van der Waals surface area (Å²) in [5.74, 6) is 0.161. The summed E-state index contributed by atoms with van der Waals surface area (Å²) in [5, 5.41) is 9.97. The number of rotatable bonds is 5. The van der Waals surface area contributed by atoms with Crippen LogP contribution < -0.4 is 16.0 Å². The second-order valence-corrected chi connectivity index (χ2v) is 7.91. The van der Waals surface area contributed by atoms with E-state index >= 15 is 0 Å². The van der Waals surface area contributed by atoms with Crippen molar-refractivity contribution in [2.24, 2.45) is 5.92 Å². The highest BCUT2D eigenvalue weighted by Crippen LogP contribution is 2.31. The lowest BCUT2D eigenvalue weighted by molar-refractivity contribution is -0.130. The lowest BCUT2D eigenvalue weighted by atomic mass is 9.98. The topological polar surface area (TPSA) is 82.2 Å². The number of dihydropyridines is 1. The molecule has 1 saturated heterocycles. The van der Waals surface area contributed by atoms with Crippen LogP contribution in [0.4, 0.5) is 10.2 Å². The van der Waals surface area contributed by atoms with Crippen molar-refractivity contribution in [2.45, 2.75) is 19.0 Å². The Morgan fingerprint density at radius 3 is 3.03 bits per heavy atom. The second-order valence-electron chi connectivity index (χ2n) is 7.21. The molecule has 3 aliphatic rings. The van der Waals surface area contributed by atoms with E-state index in [1.807, 2.05) is 6.08 Å². The smallest absolute Gasteiger partial charge is 0.237 e. The predicted octanol–water partition coefficient (Wildman–Crippen LogP) is 2.39. The van der Waals surface area contributed by atoms with Gasteiger partial charge in [-0.1, -0.05) is 11.6 Å². The zero-order valence-electron chi connectivity index (χ0n) is 15.6. The number of hydrogen-bond acceptors (Lipinski definition) is 6. The average Bonchev–Trinajstić information content (AvgIpc) is 3.16. The Morgan fingerprint density at radius 2 is 2.21 bits per heavy atom. The van der Waals surface area contributed by atoms with E-state index in [4.69, 9.17) is 23.2 Å². The van der Waals surface area contributed by atoms with Gasteiger partial charge in [0.2, 0.25) is 5.91 Å². The summed E-state index contributed by atoms with van der Waals surface area (Å²) in [6.45, 7) is 1.84. The highest BCUT2D eigenvalue weighted by Gasteiger charge is 2.28.